The first kappa shape index (κ1) is 18.7. The molecule has 1 aromatic carbocycles. The van der Waals surface area contributed by atoms with Crippen LogP contribution in [0.1, 0.15) is 44.1 Å². The summed E-state index contributed by atoms with van der Waals surface area (Å²) in [6, 6.07) is 9.57. The van der Waals surface area contributed by atoms with E-state index in [1.165, 1.54) is 61.7 Å². The van der Waals surface area contributed by atoms with Crippen molar-refractivity contribution in [3.8, 4) is 0 Å². The summed E-state index contributed by atoms with van der Waals surface area (Å²) in [6.45, 7) is 3.38. The fourth-order valence-electron chi connectivity index (χ4n) is 7.08. The molecule has 6 rings (SSSR count). The molecule has 4 heteroatoms. The van der Waals surface area contributed by atoms with Gasteiger partial charge in [0.15, 0.2) is 0 Å². The monoisotopic (exact) mass is 403 g/mol. The van der Waals surface area contributed by atoms with Crippen LogP contribution in [0, 0.1) is 11.8 Å². The lowest BCUT2D eigenvalue weighted by molar-refractivity contribution is -0.135. The van der Waals surface area contributed by atoms with Crippen LogP contribution in [0.3, 0.4) is 0 Å². The maximum absolute atomic E-state index is 13.6. The Bertz CT molecular complexity index is 1000. The molecule has 1 aliphatic carbocycles. The molecule has 4 heterocycles. The second-order valence-electron chi connectivity index (χ2n) is 10.1. The molecule has 1 aromatic heterocycles. The van der Waals surface area contributed by atoms with Gasteiger partial charge in [0.2, 0.25) is 5.91 Å². The molecule has 0 radical (unpaired) electrons. The van der Waals surface area contributed by atoms with Crippen LogP contribution in [0.25, 0.3) is 10.9 Å². The molecular weight excluding hydrogens is 370 g/mol. The van der Waals surface area contributed by atoms with Gasteiger partial charge in [-0.25, -0.2) is 0 Å². The molecule has 158 valence electrons. The zero-order chi connectivity index (χ0) is 20.2. The Labute approximate surface area is 179 Å². The summed E-state index contributed by atoms with van der Waals surface area (Å²) in [5.41, 5.74) is 3.96. The SMILES string of the molecule is Cn1cc(CC(=O)N2CCCC3=C[C@H]4C[C@@H](CN5CCCCC45)C32)c2ccccc21. The fraction of sp³-hybridized carbons (Fsp3) is 0.577. The summed E-state index contributed by atoms with van der Waals surface area (Å²) in [6.07, 6.45) is 13.0. The number of rotatable bonds is 2. The molecule has 30 heavy (non-hydrogen) atoms. The highest BCUT2D eigenvalue weighted by atomic mass is 16.2. The lowest BCUT2D eigenvalue weighted by Gasteiger charge is -2.54. The topological polar surface area (TPSA) is 28.5 Å². The fourth-order valence-corrected chi connectivity index (χ4v) is 7.08. The van der Waals surface area contributed by atoms with Crippen molar-refractivity contribution in [3.05, 3.63) is 47.7 Å². The quantitative estimate of drug-likeness (QED) is 0.705. The van der Waals surface area contributed by atoms with Crippen molar-refractivity contribution in [3.63, 3.8) is 0 Å². The van der Waals surface area contributed by atoms with Gasteiger partial charge in [-0.3, -0.25) is 9.69 Å². The van der Waals surface area contributed by atoms with Gasteiger partial charge in [0.1, 0.15) is 0 Å². The van der Waals surface area contributed by atoms with Gasteiger partial charge in [0, 0.05) is 43.3 Å². The average molecular weight is 404 g/mol. The van der Waals surface area contributed by atoms with E-state index in [0.717, 1.165) is 24.9 Å². The Morgan fingerprint density at radius 3 is 2.97 bits per heavy atom. The Morgan fingerprint density at radius 2 is 2.03 bits per heavy atom. The van der Waals surface area contributed by atoms with Crippen LogP contribution in [0.2, 0.25) is 0 Å². The van der Waals surface area contributed by atoms with Crippen molar-refractivity contribution in [1.82, 2.24) is 14.4 Å². The second-order valence-corrected chi connectivity index (χ2v) is 10.1. The minimum atomic E-state index is 0.321. The summed E-state index contributed by atoms with van der Waals surface area (Å²) in [7, 11) is 2.08. The Kier molecular flexibility index (Phi) is 4.52. The third-order valence-electron chi connectivity index (χ3n) is 8.30. The number of nitrogens with zero attached hydrogens (tertiary/aromatic N) is 3. The molecule has 4 atom stereocenters. The molecule has 0 saturated carbocycles. The van der Waals surface area contributed by atoms with Crippen LogP contribution in [0.15, 0.2) is 42.1 Å². The summed E-state index contributed by atoms with van der Waals surface area (Å²) in [5.74, 6) is 1.67. The summed E-state index contributed by atoms with van der Waals surface area (Å²) >= 11 is 0. The van der Waals surface area contributed by atoms with E-state index in [-0.39, 0.29) is 0 Å². The molecule has 3 saturated heterocycles. The normalized spacial score (nSPS) is 31.2. The third-order valence-corrected chi connectivity index (χ3v) is 8.30. The van der Waals surface area contributed by atoms with Crippen molar-refractivity contribution in [1.29, 1.82) is 0 Å². The van der Waals surface area contributed by atoms with E-state index in [9.17, 15) is 4.79 Å². The van der Waals surface area contributed by atoms with E-state index in [0.29, 0.717) is 24.3 Å². The number of benzene rings is 1. The van der Waals surface area contributed by atoms with Gasteiger partial charge in [-0.15, -0.1) is 0 Å². The molecule has 3 fully saturated rings. The molecule has 1 amide bonds. The molecule has 0 spiro atoms. The van der Waals surface area contributed by atoms with Gasteiger partial charge >= 0.3 is 0 Å². The van der Waals surface area contributed by atoms with Gasteiger partial charge in [-0.2, -0.15) is 0 Å². The molecular formula is C26H33N3O. The number of likely N-dealkylation sites (tertiary alicyclic amines) is 1. The largest absolute Gasteiger partial charge is 0.350 e. The number of para-hydroxylation sites is 1. The van der Waals surface area contributed by atoms with E-state index in [1.807, 2.05) is 0 Å². The smallest absolute Gasteiger partial charge is 0.227 e. The van der Waals surface area contributed by atoms with Crippen LogP contribution < -0.4 is 0 Å². The number of amides is 1. The van der Waals surface area contributed by atoms with Gasteiger partial charge in [-0.05, 0) is 62.1 Å². The zero-order valence-corrected chi connectivity index (χ0v) is 18.1. The summed E-state index contributed by atoms with van der Waals surface area (Å²) < 4.78 is 2.16. The number of hydrogen-bond acceptors (Lipinski definition) is 2. The van der Waals surface area contributed by atoms with Crippen molar-refractivity contribution < 1.29 is 4.79 Å². The van der Waals surface area contributed by atoms with E-state index < -0.39 is 0 Å². The van der Waals surface area contributed by atoms with Crippen molar-refractivity contribution >= 4 is 16.8 Å². The maximum atomic E-state index is 13.6. The standard InChI is InChI=1S/C26H33N3O/c1-27-16-20(22-8-2-3-10-24(22)27)15-25(30)29-12-6-7-18-13-19-14-21(26(18)29)17-28-11-5-4-9-23(19)28/h2-3,8,10,13,16,19,21,23,26H,4-7,9,11-12,14-15,17H2,1H3/t19-,21-,23?,26?/m0/s1. The van der Waals surface area contributed by atoms with Crippen LogP contribution in [-0.2, 0) is 18.3 Å². The van der Waals surface area contributed by atoms with E-state index in [4.69, 9.17) is 0 Å². The second kappa shape index (κ2) is 7.26. The number of hydrogen-bond donors (Lipinski definition) is 0. The maximum Gasteiger partial charge on any atom is 0.227 e. The molecule has 0 N–H and O–H groups in total. The first-order valence-electron chi connectivity index (χ1n) is 12.0. The van der Waals surface area contributed by atoms with E-state index in [1.54, 1.807) is 5.57 Å². The lowest BCUT2D eigenvalue weighted by atomic mass is 9.68. The molecule has 2 unspecified atom stereocenters. The number of aromatic nitrogens is 1. The number of carbonyl (C=O) groups excluding carboxylic acids is 1. The highest BCUT2D eigenvalue weighted by Crippen LogP contribution is 2.45. The first-order chi connectivity index (χ1) is 14.7. The zero-order valence-electron chi connectivity index (χ0n) is 18.1. The van der Waals surface area contributed by atoms with Crippen LogP contribution >= 0.6 is 0 Å². The van der Waals surface area contributed by atoms with Gasteiger partial charge in [-0.1, -0.05) is 36.3 Å². The predicted molar refractivity (Wildman–Crippen MR) is 120 cm³/mol. The van der Waals surface area contributed by atoms with E-state index >= 15 is 0 Å². The summed E-state index contributed by atoms with van der Waals surface area (Å²) in [5, 5.41) is 1.22. The number of fused-ring (bicyclic) bond motifs is 7. The minimum Gasteiger partial charge on any atom is -0.350 e. The predicted octanol–water partition coefficient (Wildman–Crippen LogP) is 4.14. The molecule has 3 aliphatic heterocycles. The van der Waals surface area contributed by atoms with Crippen molar-refractivity contribution in [2.75, 3.05) is 19.6 Å². The lowest BCUT2D eigenvalue weighted by Crippen LogP contribution is -2.60. The number of aryl methyl sites for hydroxylation is 1. The van der Waals surface area contributed by atoms with Crippen LogP contribution in [-0.4, -0.2) is 52.0 Å². The molecule has 2 bridgehead atoms. The third kappa shape index (κ3) is 2.95. The van der Waals surface area contributed by atoms with Crippen LogP contribution in [0.5, 0.6) is 0 Å². The van der Waals surface area contributed by atoms with Gasteiger partial charge in [0.25, 0.3) is 0 Å². The molecule has 4 aliphatic rings. The van der Waals surface area contributed by atoms with Gasteiger partial charge < -0.3 is 9.47 Å². The Morgan fingerprint density at radius 1 is 1.13 bits per heavy atom. The van der Waals surface area contributed by atoms with Crippen LogP contribution in [0.4, 0.5) is 0 Å². The minimum absolute atomic E-state index is 0.321. The highest BCUT2D eigenvalue weighted by Gasteiger charge is 2.46. The Balaban J connectivity index is 1.28. The van der Waals surface area contributed by atoms with E-state index in [2.05, 4.69) is 58.0 Å². The average Bonchev–Trinajstić information content (AvgIpc) is 3.09. The molecule has 4 nitrogen and oxygen atoms in total. The number of carbonyl (C=O) groups is 1. The van der Waals surface area contributed by atoms with Crippen molar-refractivity contribution in [2.45, 2.75) is 57.0 Å². The first-order valence-corrected chi connectivity index (χ1v) is 12.0. The Hall–Kier alpha value is -2.07. The highest BCUT2D eigenvalue weighted by molar-refractivity contribution is 5.89. The molecule has 2 aromatic rings. The number of piperidine rings is 3. The van der Waals surface area contributed by atoms with Crippen molar-refractivity contribution in [2.24, 2.45) is 18.9 Å². The van der Waals surface area contributed by atoms with Gasteiger partial charge in [0.05, 0.1) is 12.5 Å². The summed E-state index contributed by atoms with van der Waals surface area (Å²) in [4.78, 5) is 18.6.